The quantitative estimate of drug-likeness (QED) is 0.688. The summed E-state index contributed by atoms with van der Waals surface area (Å²) in [5.74, 6) is 0.909. The molecule has 1 amide bonds. The molecule has 2 N–H and O–H groups in total. The normalized spacial score (nSPS) is 30.5. The van der Waals surface area contributed by atoms with Crippen LogP contribution in [0, 0.1) is 5.92 Å². The van der Waals surface area contributed by atoms with Crippen molar-refractivity contribution in [2.75, 3.05) is 26.3 Å². The van der Waals surface area contributed by atoms with Crippen LogP contribution in [0.25, 0.3) is 0 Å². The molecule has 1 aliphatic heterocycles. The van der Waals surface area contributed by atoms with Crippen molar-refractivity contribution in [3.8, 4) is 0 Å². The Morgan fingerprint density at radius 1 is 1.53 bits per heavy atom. The summed E-state index contributed by atoms with van der Waals surface area (Å²) >= 11 is 0. The van der Waals surface area contributed by atoms with Crippen LogP contribution in [0.4, 0.5) is 0 Å². The van der Waals surface area contributed by atoms with E-state index in [-0.39, 0.29) is 11.4 Å². The molecule has 2 rings (SSSR count). The predicted molar refractivity (Wildman–Crippen MR) is 57.6 cm³/mol. The summed E-state index contributed by atoms with van der Waals surface area (Å²) in [6.07, 6.45) is 3.56. The van der Waals surface area contributed by atoms with E-state index in [1.54, 1.807) is 0 Å². The molecule has 2 fully saturated rings. The Morgan fingerprint density at radius 3 is 2.93 bits per heavy atom. The third-order valence-electron chi connectivity index (χ3n) is 3.08. The SMILES string of the molecule is CC1(NC(=O)CNCC2CC2)CCOC1. The zero-order valence-electron chi connectivity index (χ0n) is 9.34. The highest BCUT2D eigenvalue weighted by atomic mass is 16.5. The molecule has 0 aromatic carbocycles. The summed E-state index contributed by atoms with van der Waals surface area (Å²) in [5.41, 5.74) is -0.141. The maximum Gasteiger partial charge on any atom is 0.234 e. The smallest absolute Gasteiger partial charge is 0.234 e. The van der Waals surface area contributed by atoms with Gasteiger partial charge in [0, 0.05) is 6.61 Å². The second-order valence-corrected chi connectivity index (χ2v) is 4.99. The van der Waals surface area contributed by atoms with Gasteiger partial charge in [0.25, 0.3) is 0 Å². The summed E-state index contributed by atoms with van der Waals surface area (Å²) < 4.78 is 5.28. The van der Waals surface area contributed by atoms with Crippen LogP contribution in [0.5, 0.6) is 0 Å². The summed E-state index contributed by atoms with van der Waals surface area (Å²) in [4.78, 5) is 11.6. The fourth-order valence-corrected chi connectivity index (χ4v) is 1.86. The van der Waals surface area contributed by atoms with E-state index >= 15 is 0 Å². The highest BCUT2D eigenvalue weighted by molar-refractivity contribution is 5.78. The Morgan fingerprint density at radius 2 is 2.33 bits per heavy atom. The van der Waals surface area contributed by atoms with Crippen molar-refractivity contribution in [3.05, 3.63) is 0 Å². The lowest BCUT2D eigenvalue weighted by molar-refractivity contribution is -0.122. The highest BCUT2D eigenvalue weighted by Gasteiger charge is 2.31. The van der Waals surface area contributed by atoms with Crippen LogP contribution in [0.3, 0.4) is 0 Å². The van der Waals surface area contributed by atoms with Gasteiger partial charge in [-0.1, -0.05) is 0 Å². The fraction of sp³-hybridized carbons (Fsp3) is 0.909. The Bertz CT molecular complexity index is 233. The first kappa shape index (κ1) is 10.9. The average molecular weight is 212 g/mol. The van der Waals surface area contributed by atoms with Gasteiger partial charge in [0.05, 0.1) is 18.7 Å². The van der Waals surface area contributed by atoms with E-state index in [0.29, 0.717) is 13.2 Å². The lowest BCUT2D eigenvalue weighted by atomic mass is 10.0. The third kappa shape index (κ3) is 3.47. The lowest BCUT2D eigenvalue weighted by Crippen LogP contribution is -2.49. The zero-order valence-corrected chi connectivity index (χ0v) is 9.34. The third-order valence-corrected chi connectivity index (χ3v) is 3.08. The van der Waals surface area contributed by atoms with Gasteiger partial charge in [-0.05, 0) is 38.6 Å². The molecule has 2 aliphatic rings. The van der Waals surface area contributed by atoms with E-state index in [0.717, 1.165) is 25.5 Å². The second kappa shape index (κ2) is 4.49. The fourth-order valence-electron chi connectivity index (χ4n) is 1.86. The molecule has 15 heavy (non-hydrogen) atoms. The number of nitrogens with one attached hydrogen (secondary N) is 2. The van der Waals surface area contributed by atoms with Crippen molar-refractivity contribution in [1.29, 1.82) is 0 Å². The Hall–Kier alpha value is -0.610. The number of carbonyl (C=O) groups is 1. The molecule has 1 saturated carbocycles. The summed E-state index contributed by atoms with van der Waals surface area (Å²) in [7, 11) is 0. The van der Waals surface area contributed by atoms with E-state index < -0.39 is 0 Å². The number of amides is 1. The van der Waals surface area contributed by atoms with Gasteiger partial charge in [-0.15, -0.1) is 0 Å². The molecule has 4 heteroatoms. The summed E-state index contributed by atoms with van der Waals surface area (Å²) in [6.45, 7) is 4.86. The van der Waals surface area contributed by atoms with Gasteiger partial charge >= 0.3 is 0 Å². The molecule has 1 aliphatic carbocycles. The molecule has 0 aromatic rings. The van der Waals surface area contributed by atoms with E-state index in [1.165, 1.54) is 12.8 Å². The Balaban J connectivity index is 1.62. The molecular formula is C11H20N2O2. The topological polar surface area (TPSA) is 50.4 Å². The molecule has 86 valence electrons. The number of carbonyl (C=O) groups excluding carboxylic acids is 1. The molecule has 0 aromatic heterocycles. The molecule has 1 unspecified atom stereocenters. The van der Waals surface area contributed by atoms with Crippen molar-refractivity contribution in [2.45, 2.75) is 31.7 Å². The summed E-state index contributed by atoms with van der Waals surface area (Å²) in [6, 6.07) is 0. The van der Waals surface area contributed by atoms with E-state index in [2.05, 4.69) is 10.6 Å². The van der Waals surface area contributed by atoms with Crippen LogP contribution < -0.4 is 10.6 Å². The van der Waals surface area contributed by atoms with E-state index in [4.69, 9.17) is 4.74 Å². The monoisotopic (exact) mass is 212 g/mol. The van der Waals surface area contributed by atoms with Crippen LogP contribution in [0.15, 0.2) is 0 Å². The van der Waals surface area contributed by atoms with Crippen LogP contribution in [0.1, 0.15) is 26.2 Å². The first-order chi connectivity index (χ1) is 7.18. The van der Waals surface area contributed by atoms with Gasteiger partial charge in [0.2, 0.25) is 5.91 Å². The molecule has 0 bridgehead atoms. The van der Waals surface area contributed by atoms with Crippen molar-refractivity contribution < 1.29 is 9.53 Å². The summed E-state index contributed by atoms with van der Waals surface area (Å²) in [5, 5.41) is 6.21. The number of ether oxygens (including phenoxy) is 1. The van der Waals surface area contributed by atoms with Crippen molar-refractivity contribution in [1.82, 2.24) is 10.6 Å². The maximum absolute atomic E-state index is 11.6. The zero-order chi connectivity index (χ0) is 10.7. The van der Waals surface area contributed by atoms with Gasteiger partial charge in [0.15, 0.2) is 0 Å². The number of rotatable bonds is 5. The lowest BCUT2D eigenvalue weighted by Gasteiger charge is -2.23. The average Bonchev–Trinajstić information content (AvgIpc) is 2.89. The van der Waals surface area contributed by atoms with Crippen LogP contribution in [0.2, 0.25) is 0 Å². The Kier molecular flexibility index (Phi) is 3.26. The van der Waals surface area contributed by atoms with E-state index in [1.807, 2.05) is 6.92 Å². The van der Waals surface area contributed by atoms with Gasteiger partial charge < -0.3 is 15.4 Å². The van der Waals surface area contributed by atoms with Gasteiger partial charge in [-0.2, -0.15) is 0 Å². The van der Waals surface area contributed by atoms with E-state index in [9.17, 15) is 4.79 Å². The molecule has 4 nitrogen and oxygen atoms in total. The van der Waals surface area contributed by atoms with Crippen molar-refractivity contribution in [2.24, 2.45) is 5.92 Å². The first-order valence-corrected chi connectivity index (χ1v) is 5.77. The number of hydrogen-bond donors (Lipinski definition) is 2. The van der Waals surface area contributed by atoms with Gasteiger partial charge in [-0.25, -0.2) is 0 Å². The first-order valence-electron chi connectivity index (χ1n) is 5.77. The van der Waals surface area contributed by atoms with Crippen LogP contribution >= 0.6 is 0 Å². The maximum atomic E-state index is 11.6. The predicted octanol–water partition coefficient (Wildman–Crippen LogP) is 0.281. The molecule has 0 spiro atoms. The molecule has 1 heterocycles. The van der Waals surface area contributed by atoms with Crippen molar-refractivity contribution in [3.63, 3.8) is 0 Å². The largest absolute Gasteiger partial charge is 0.379 e. The highest BCUT2D eigenvalue weighted by Crippen LogP contribution is 2.27. The Labute approximate surface area is 90.8 Å². The minimum Gasteiger partial charge on any atom is -0.379 e. The second-order valence-electron chi connectivity index (χ2n) is 4.99. The van der Waals surface area contributed by atoms with Gasteiger partial charge in [0.1, 0.15) is 0 Å². The van der Waals surface area contributed by atoms with Gasteiger partial charge in [-0.3, -0.25) is 4.79 Å². The van der Waals surface area contributed by atoms with Crippen LogP contribution in [-0.2, 0) is 9.53 Å². The van der Waals surface area contributed by atoms with Crippen LogP contribution in [-0.4, -0.2) is 37.7 Å². The minimum absolute atomic E-state index is 0.0867. The molecule has 1 saturated heterocycles. The standard InChI is InChI=1S/C11H20N2O2/c1-11(4-5-15-8-11)13-10(14)7-12-6-9-2-3-9/h9,12H,2-8H2,1H3,(H,13,14). The molecule has 1 atom stereocenters. The van der Waals surface area contributed by atoms with Crippen molar-refractivity contribution >= 4 is 5.91 Å². The number of hydrogen-bond acceptors (Lipinski definition) is 3. The molecule has 0 radical (unpaired) electrons. The molecular weight excluding hydrogens is 192 g/mol. The minimum atomic E-state index is -0.141.